The van der Waals surface area contributed by atoms with Gasteiger partial charge in [0.2, 0.25) is 0 Å². The molecule has 3 aromatic rings. The van der Waals surface area contributed by atoms with E-state index in [2.05, 4.69) is 0 Å². The molecule has 0 aromatic heterocycles. The molecular formula is C26H25NO4. The number of hydrogen-bond acceptors (Lipinski definition) is 3. The number of amides is 1. The summed E-state index contributed by atoms with van der Waals surface area (Å²) in [4.78, 5) is 25.0. The summed E-state index contributed by atoms with van der Waals surface area (Å²) in [6.07, 6.45) is 0.823. The summed E-state index contributed by atoms with van der Waals surface area (Å²) < 4.78 is 5.92. The Kier molecular flexibility index (Phi) is 6.32. The molecule has 1 aliphatic heterocycles. The second kappa shape index (κ2) is 9.47. The van der Waals surface area contributed by atoms with Gasteiger partial charge >= 0.3 is 6.09 Å². The molecule has 0 saturated carbocycles. The van der Waals surface area contributed by atoms with Crippen LogP contribution >= 0.6 is 0 Å². The fraction of sp³-hybridized carbons (Fsp3) is 0.231. The zero-order valence-corrected chi connectivity index (χ0v) is 17.2. The summed E-state index contributed by atoms with van der Waals surface area (Å²) >= 11 is 0. The number of carbonyl (C=O) groups is 2. The first-order valence-electron chi connectivity index (χ1n) is 10.5. The van der Waals surface area contributed by atoms with Crippen LogP contribution in [-0.2, 0) is 0 Å². The van der Waals surface area contributed by atoms with Gasteiger partial charge in [0.1, 0.15) is 5.75 Å². The number of benzene rings is 3. The molecule has 0 spiro atoms. The van der Waals surface area contributed by atoms with Crippen LogP contribution in [0.4, 0.5) is 4.79 Å². The molecule has 1 amide bonds. The number of hydrogen-bond donors (Lipinski definition) is 1. The van der Waals surface area contributed by atoms with Crippen LogP contribution < -0.4 is 4.74 Å². The predicted molar refractivity (Wildman–Crippen MR) is 120 cm³/mol. The van der Waals surface area contributed by atoms with Crippen LogP contribution in [0.25, 0.3) is 11.1 Å². The molecule has 1 N–H and O–H groups in total. The SMILES string of the molecule is O=C(c1ccccc1)c1ccc(-c2ccc(OCC3CCN(C(=O)O)CC3)cc2)cc1. The molecule has 5 heteroatoms. The van der Waals surface area contributed by atoms with Crippen molar-refractivity contribution in [3.05, 3.63) is 90.0 Å². The minimum absolute atomic E-state index is 0.0186. The topological polar surface area (TPSA) is 66.8 Å². The van der Waals surface area contributed by atoms with E-state index in [1.807, 2.05) is 78.9 Å². The average Bonchev–Trinajstić information content (AvgIpc) is 2.83. The van der Waals surface area contributed by atoms with E-state index in [0.717, 1.165) is 29.7 Å². The quantitative estimate of drug-likeness (QED) is 0.551. The van der Waals surface area contributed by atoms with Crippen molar-refractivity contribution in [1.82, 2.24) is 4.90 Å². The summed E-state index contributed by atoms with van der Waals surface area (Å²) in [5.74, 6) is 1.20. The van der Waals surface area contributed by atoms with E-state index in [0.29, 0.717) is 36.7 Å². The molecule has 0 radical (unpaired) electrons. The lowest BCUT2D eigenvalue weighted by Crippen LogP contribution is -2.38. The predicted octanol–water partition coefficient (Wildman–Crippen LogP) is 5.35. The van der Waals surface area contributed by atoms with Gasteiger partial charge in [-0.1, -0.05) is 66.7 Å². The first-order valence-corrected chi connectivity index (χ1v) is 10.5. The van der Waals surface area contributed by atoms with Crippen LogP contribution in [0.3, 0.4) is 0 Å². The number of likely N-dealkylation sites (tertiary alicyclic amines) is 1. The Labute approximate surface area is 181 Å². The molecule has 31 heavy (non-hydrogen) atoms. The highest BCUT2D eigenvalue weighted by atomic mass is 16.5. The lowest BCUT2D eigenvalue weighted by Gasteiger charge is -2.29. The highest BCUT2D eigenvalue weighted by molar-refractivity contribution is 6.09. The van der Waals surface area contributed by atoms with Crippen molar-refractivity contribution in [2.75, 3.05) is 19.7 Å². The molecule has 3 aromatic carbocycles. The highest BCUT2D eigenvalue weighted by Gasteiger charge is 2.22. The van der Waals surface area contributed by atoms with Crippen LogP contribution in [-0.4, -0.2) is 41.6 Å². The van der Waals surface area contributed by atoms with E-state index in [1.165, 1.54) is 4.90 Å². The molecule has 1 saturated heterocycles. The van der Waals surface area contributed by atoms with Crippen molar-refractivity contribution in [3.63, 3.8) is 0 Å². The highest BCUT2D eigenvalue weighted by Crippen LogP contribution is 2.25. The van der Waals surface area contributed by atoms with Gasteiger partial charge in [-0.25, -0.2) is 4.79 Å². The number of ether oxygens (including phenoxy) is 1. The maximum atomic E-state index is 12.5. The smallest absolute Gasteiger partial charge is 0.407 e. The van der Waals surface area contributed by atoms with Gasteiger partial charge in [0.25, 0.3) is 0 Å². The third kappa shape index (κ3) is 5.12. The van der Waals surface area contributed by atoms with Crippen molar-refractivity contribution in [3.8, 4) is 16.9 Å². The summed E-state index contributed by atoms with van der Waals surface area (Å²) in [6, 6.07) is 24.8. The first-order chi connectivity index (χ1) is 15.1. The summed E-state index contributed by atoms with van der Waals surface area (Å²) in [6.45, 7) is 1.75. The van der Waals surface area contributed by atoms with E-state index in [1.54, 1.807) is 0 Å². The molecule has 1 heterocycles. The van der Waals surface area contributed by atoms with Gasteiger partial charge in [0.05, 0.1) is 6.61 Å². The van der Waals surface area contributed by atoms with E-state index in [4.69, 9.17) is 9.84 Å². The average molecular weight is 415 g/mol. The number of carbonyl (C=O) groups excluding carboxylic acids is 1. The summed E-state index contributed by atoms with van der Waals surface area (Å²) in [5.41, 5.74) is 3.45. The fourth-order valence-corrected chi connectivity index (χ4v) is 3.82. The Balaban J connectivity index is 1.33. The Bertz CT molecular complexity index is 1020. The molecule has 0 atom stereocenters. The molecule has 0 unspecified atom stereocenters. The Hall–Kier alpha value is -3.60. The minimum Gasteiger partial charge on any atom is -0.493 e. The van der Waals surface area contributed by atoms with Crippen LogP contribution in [0.15, 0.2) is 78.9 Å². The number of rotatable bonds is 6. The molecule has 1 fully saturated rings. The van der Waals surface area contributed by atoms with Gasteiger partial charge in [-0.05, 0) is 42.0 Å². The van der Waals surface area contributed by atoms with E-state index < -0.39 is 6.09 Å². The number of ketones is 1. The monoisotopic (exact) mass is 415 g/mol. The van der Waals surface area contributed by atoms with Gasteiger partial charge in [0.15, 0.2) is 5.78 Å². The number of carboxylic acid groups (broad SMARTS) is 1. The first kappa shape index (κ1) is 20.7. The van der Waals surface area contributed by atoms with Crippen molar-refractivity contribution < 1.29 is 19.4 Å². The van der Waals surface area contributed by atoms with Gasteiger partial charge in [-0.3, -0.25) is 4.79 Å². The molecule has 5 nitrogen and oxygen atoms in total. The fourth-order valence-electron chi connectivity index (χ4n) is 3.82. The third-order valence-electron chi connectivity index (χ3n) is 5.74. The lowest BCUT2D eigenvalue weighted by molar-refractivity contribution is 0.103. The van der Waals surface area contributed by atoms with Gasteiger partial charge < -0.3 is 14.7 Å². The molecule has 158 valence electrons. The van der Waals surface area contributed by atoms with Crippen LogP contribution in [0.2, 0.25) is 0 Å². The van der Waals surface area contributed by atoms with E-state index in [9.17, 15) is 9.59 Å². The minimum atomic E-state index is -0.840. The maximum absolute atomic E-state index is 12.5. The number of piperidine rings is 1. The van der Waals surface area contributed by atoms with Gasteiger partial charge in [0, 0.05) is 24.2 Å². The Morgan fingerprint density at radius 1 is 0.806 bits per heavy atom. The van der Waals surface area contributed by atoms with E-state index in [-0.39, 0.29) is 5.78 Å². The standard InChI is InChI=1S/C26H25NO4/c28-25(22-4-2-1-3-5-22)23-8-6-20(7-9-23)21-10-12-24(13-11-21)31-18-19-14-16-27(17-15-19)26(29)30/h1-13,19H,14-18H2,(H,29,30). The van der Waals surface area contributed by atoms with Crippen molar-refractivity contribution in [1.29, 1.82) is 0 Å². The van der Waals surface area contributed by atoms with Crippen molar-refractivity contribution in [2.24, 2.45) is 5.92 Å². The Morgan fingerprint density at radius 3 is 1.94 bits per heavy atom. The van der Waals surface area contributed by atoms with Crippen LogP contribution in [0.1, 0.15) is 28.8 Å². The maximum Gasteiger partial charge on any atom is 0.407 e. The molecule has 1 aliphatic rings. The van der Waals surface area contributed by atoms with Gasteiger partial charge in [-0.2, -0.15) is 0 Å². The molecule has 0 bridgehead atoms. The van der Waals surface area contributed by atoms with Crippen LogP contribution in [0, 0.1) is 5.92 Å². The molecule has 4 rings (SSSR count). The second-order valence-corrected chi connectivity index (χ2v) is 7.82. The normalized spacial score (nSPS) is 14.3. The third-order valence-corrected chi connectivity index (χ3v) is 5.74. The van der Waals surface area contributed by atoms with Crippen molar-refractivity contribution in [2.45, 2.75) is 12.8 Å². The zero-order valence-electron chi connectivity index (χ0n) is 17.2. The zero-order chi connectivity index (χ0) is 21.6. The van der Waals surface area contributed by atoms with Gasteiger partial charge in [-0.15, -0.1) is 0 Å². The summed E-state index contributed by atoms with van der Waals surface area (Å²) in [5, 5.41) is 9.02. The van der Waals surface area contributed by atoms with E-state index >= 15 is 0 Å². The second-order valence-electron chi connectivity index (χ2n) is 7.82. The largest absolute Gasteiger partial charge is 0.493 e. The van der Waals surface area contributed by atoms with Crippen LogP contribution in [0.5, 0.6) is 5.75 Å². The lowest BCUT2D eigenvalue weighted by atomic mass is 9.98. The molecular weight excluding hydrogens is 390 g/mol. The Morgan fingerprint density at radius 2 is 1.35 bits per heavy atom. The van der Waals surface area contributed by atoms with Crippen molar-refractivity contribution >= 4 is 11.9 Å². The summed E-state index contributed by atoms with van der Waals surface area (Å²) in [7, 11) is 0. The number of nitrogens with zero attached hydrogens (tertiary/aromatic N) is 1. The molecule has 0 aliphatic carbocycles.